The third-order valence-corrected chi connectivity index (χ3v) is 11.5. The predicted octanol–water partition coefficient (Wildman–Crippen LogP) is 6.42. The molecule has 0 heterocycles. The van der Waals surface area contributed by atoms with Crippen LogP contribution in [0.25, 0.3) is 0 Å². The molecule has 1 saturated carbocycles. The molecule has 56 heavy (non-hydrogen) atoms. The minimum absolute atomic E-state index is 0.250. The van der Waals surface area contributed by atoms with Gasteiger partial charge in [0.1, 0.15) is 36.6 Å². The molecule has 330 valence electrons. The maximum atomic E-state index is 12.9. The van der Waals surface area contributed by atoms with Gasteiger partial charge in [0.2, 0.25) is 5.91 Å². The molecule has 0 bridgehead atoms. The van der Waals surface area contributed by atoms with Gasteiger partial charge in [-0.2, -0.15) is 0 Å². The molecule has 0 spiro atoms. The van der Waals surface area contributed by atoms with E-state index in [4.69, 9.17) is 9.05 Å². The fourth-order valence-electron chi connectivity index (χ4n) is 6.88. The highest BCUT2D eigenvalue weighted by atomic mass is 31.2. The average Bonchev–Trinajstić information content (AvgIpc) is 3.17. The van der Waals surface area contributed by atoms with Crippen molar-refractivity contribution in [1.82, 2.24) is 5.32 Å². The number of aliphatic hydroxyl groups excluding tert-OH is 7. The number of aliphatic hydroxyl groups is 7. The van der Waals surface area contributed by atoms with E-state index in [0.717, 1.165) is 77.0 Å². The van der Waals surface area contributed by atoms with Gasteiger partial charge in [0.25, 0.3) is 0 Å². The van der Waals surface area contributed by atoms with Crippen LogP contribution in [0, 0.1) is 0 Å². The van der Waals surface area contributed by atoms with E-state index in [2.05, 4.69) is 31.3 Å². The minimum Gasteiger partial charge on any atom is -0.393 e. The summed E-state index contributed by atoms with van der Waals surface area (Å²) < 4.78 is 22.7. The van der Waals surface area contributed by atoms with Crippen molar-refractivity contribution in [1.29, 1.82) is 0 Å². The molecule has 8 atom stereocenters. The van der Waals surface area contributed by atoms with Crippen LogP contribution in [-0.2, 0) is 18.4 Å². The first-order chi connectivity index (χ1) is 26.8. The van der Waals surface area contributed by atoms with E-state index in [1.165, 1.54) is 70.3 Å². The van der Waals surface area contributed by atoms with Gasteiger partial charge in [0.15, 0.2) is 0 Å². The Morgan fingerprint density at radius 1 is 0.625 bits per heavy atom. The first-order valence-corrected chi connectivity index (χ1v) is 23.4. The molecule has 0 aromatic rings. The first kappa shape index (κ1) is 52.8. The monoisotopic (exact) mass is 822 g/mol. The molecule has 0 aromatic heterocycles. The molecule has 1 rings (SSSR count). The van der Waals surface area contributed by atoms with Gasteiger partial charge in [-0.15, -0.1) is 0 Å². The second-order valence-electron chi connectivity index (χ2n) is 15.7. The lowest BCUT2D eigenvalue weighted by Gasteiger charge is -2.41. The molecule has 14 heteroatoms. The van der Waals surface area contributed by atoms with Crippen LogP contribution in [0.15, 0.2) is 24.3 Å². The molecule has 0 aromatic carbocycles. The molecular weight excluding hydrogens is 741 g/mol. The zero-order chi connectivity index (χ0) is 41.6. The van der Waals surface area contributed by atoms with E-state index < -0.39 is 75.2 Å². The van der Waals surface area contributed by atoms with E-state index in [9.17, 15) is 50.0 Å². The second-order valence-corrected chi connectivity index (χ2v) is 17.1. The Bertz CT molecular complexity index is 1060. The lowest BCUT2D eigenvalue weighted by Crippen LogP contribution is -2.64. The smallest absolute Gasteiger partial charge is 0.393 e. The van der Waals surface area contributed by atoms with Crippen LogP contribution in [0.1, 0.15) is 174 Å². The van der Waals surface area contributed by atoms with Crippen LogP contribution < -0.4 is 5.32 Å². The van der Waals surface area contributed by atoms with Crippen molar-refractivity contribution >= 4 is 13.7 Å². The van der Waals surface area contributed by atoms with Crippen LogP contribution >= 0.6 is 7.82 Å². The van der Waals surface area contributed by atoms with Crippen LogP contribution in [0.2, 0.25) is 0 Å². The molecule has 13 nitrogen and oxygen atoms in total. The maximum Gasteiger partial charge on any atom is 0.472 e. The van der Waals surface area contributed by atoms with E-state index in [1.54, 1.807) is 6.08 Å². The summed E-state index contributed by atoms with van der Waals surface area (Å²) in [4.78, 5) is 23.3. The van der Waals surface area contributed by atoms with Crippen molar-refractivity contribution in [2.45, 2.75) is 229 Å². The summed E-state index contributed by atoms with van der Waals surface area (Å²) in [6, 6.07) is -1.24. The van der Waals surface area contributed by atoms with E-state index in [1.807, 2.05) is 0 Å². The number of phosphoric acid groups is 1. The van der Waals surface area contributed by atoms with Crippen molar-refractivity contribution in [2.75, 3.05) is 6.61 Å². The zero-order valence-electron chi connectivity index (χ0n) is 34.5. The molecule has 0 aliphatic heterocycles. The predicted molar refractivity (Wildman–Crippen MR) is 220 cm³/mol. The Morgan fingerprint density at radius 2 is 1.04 bits per heavy atom. The minimum atomic E-state index is -5.13. The lowest BCUT2D eigenvalue weighted by molar-refractivity contribution is -0.220. The molecule has 1 aliphatic rings. The third-order valence-electron chi connectivity index (χ3n) is 10.5. The van der Waals surface area contributed by atoms with Gasteiger partial charge in [-0.1, -0.05) is 147 Å². The SMILES string of the molecule is CCCCCCCC/C=C/C(O)C(COP(=O)(O)OC1C(O)C(O)C(O)C(O)C1O)NC(=O)CC(O)CCCCCCC/C=C\CCCCCCCCCCC. The van der Waals surface area contributed by atoms with Gasteiger partial charge in [-0.3, -0.25) is 13.8 Å². The molecule has 1 amide bonds. The van der Waals surface area contributed by atoms with Crippen molar-refractivity contribution < 1.29 is 59.0 Å². The maximum absolute atomic E-state index is 12.9. The van der Waals surface area contributed by atoms with Gasteiger partial charge >= 0.3 is 7.82 Å². The zero-order valence-corrected chi connectivity index (χ0v) is 35.4. The highest BCUT2D eigenvalue weighted by Crippen LogP contribution is 2.47. The van der Waals surface area contributed by atoms with E-state index in [0.29, 0.717) is 12.8 Å². The number of nitrogens with one attached hydrogen (secondary N) is 1. The summed E-state index contributed by atoms with van der Waals surface area (Å²) in [5, 5.41) is 74.1. The van der Waals surface area contributed by atoms with Crippen LogP contribution in [-0.4, -0.2) is 108 Å². The number of amides is 1. The van der Waals surface area contributed by atoms with Gasteiger partial charge in [-0.05, 0) is 44.9 Å². The number of allylic oxidation sites excluding steroid dienone is 3. The molecule has 1 fully saturated rings. The molecule has 0 radical (unpaired) electrons. The Balaban J connectivity index is 2.49. The summed E-state index contributed by atoms with van der Waals surface area (Å²) in [6.07, 6.45) is 20.2. The quantitative estimate of drug-likeness (QED) is 0.0192. The van der Waals surface area contributed by atoms with E-state index >= 15 is 0 Å². The standard InChI is InChI=1S/C42H80NO12P/c1-3-5-7-9-11-13-14-15-16-17-18-19-20-21-22-23-25-27-29-33(44)31-36(46)43-34(35(45)30-28-26-24-12-10-8-6-4-2)32-54-56(52,53)55-42-40(50)38(48)37(47)39(49)41(42)51/h18-19,28,30,33-35,37-42,44-45,47-51H,3-17,20-27,29,31-32H2,1-2H3,(H,43,46)(H,52,53)/b19-18-,30-28+. The number of unbranched alkanes of at least 4 members (excludes halogenated alkanes) is 20. The summed E-state index contributed by atoms with van der Waals surface area (Å²) >= 11 is 0. The third kappa shape index (κ3) is 24.6. The van der Waals surface area contributed by atoms with Crippen molar-refractivity contribution in [3.05, 3.63) is 24.3 Å². The average molecular weight is 822 g/mol. The first-order valence-electron chi connectivity index (χ1n) is 21.9. The molecule has 9 N–H and O–H groups in total. The second kappa shape index (κ2) is 32.6. The summed E-state index contributed by atoms with van der Waals surface area (Å²) in [6.45, 7) is 3.66. The molecule has 0 saturated heterocycles. The molecule has 8 unspecified atom stereocenters. The van der Waals surface area contributed by atoms with Crippen LogP contribution in [0.4, 0.5) is 0 Å². The van der Waals surface area contributed by atoms with Crippen molar-refractivity contribution in [3.63, 3.8) is 0 Å². The Hall–Kier alpha value is -1.22. The van der Waals surface area contributed by atoms with Gasteiger partial charge in [-0.25, -0.2) is 4.57 Å². The normalized spacial score (nSPS) is 24.4. The number of hydrogen-bond acceptors (Lipinski definition) is 11. The fourth-order valence-corrected chi connectivity index (χ4v) is 7.85. The number of rotatable bonds is 35. The highest BCUT2D eigenvalue weighted by Gasteiger charge is 2.51. The molecular formula is C42H80NO12P. The number of carbonyl (C=O) groups is 1. The Morgan fingerprint density at radius 3 is 1.52 bits per heavy atom. The van der Waals surface area contributed by atoms with Crippen LogP contribution in [0.5, 0.6) is 0 Å². The van der Waals surface area contributed by atoms with Gasteiger partial charge in [0, 0.05) is 0 Å². The lowest BCUT2D eigenvalue weighted by atomic mass is 9.85. The Labute approximate surface area is 337 Å². The number of hydrogen-bond donors (Lipinski definition) is 9. The van der Waals surface area contributed by atoms with Gasteiger partial charge in [0.05, 0.1) is 31.3 Å². The highest BCUT2D eigenvalue weighted by molar-refractivity contribution is 7.47. The number of carbonyl (C=O) groups excluding carboxylic acids is 1. The topological polar surface area (TPSA) is 226 Å². The Kier molecular flexibility index (Phi) is 30.7. The van der Waals surface area contributed by atoms with Crippen molar-refractivity contribution in [2.24, 2.45) is 0 Å². The van der Waals surface area contributed by atoms with E-state index in [-0.39, 0.29) is 6.42 Å². The van der Waals surface area contributed by atoms with Crippen LogP contribution in [0.3, 0.4) is 0 Å². The summed E-state index contributed by atoms with van der Waals surface area (Å²) in [5.74, 6) is -0.601. The fraction of sp³-hybridized carbons (Fsp3) is 0.881. The van der Waals surface area contributed by atoms with Crippen molar-refractivity contribution in [3.8, 4) is 0 Å². The summed E-state index contributed by atoms with van der Waals surface area (Å²) in [5.41, 5.74) is 0. The van der Waals surface area contributed by atoms with Gasteiger partial charge < -0.3 is 46.0 Å². The largest absolute Gasteiger partial charge is 0.472 e. The molecule has 1 aliphatic carbocycles. The number of phosphoric ester groups is 1. The summed E-state index contributed by atoms with van der Waals surface area (Å²) in [7, 11) is -5.13.